The maximum Gasteiger partial charge on any atom is 0.305 e. The fraction of sp³-hybridized carbons (Fsp3) is 0.429. The third-order valence-electron chi connectivity index (χ3n) is 2.63. The Kier molecular flexibility index (Phi) is 5.06. The second-order valence-corrected chi connectivity index (χ2v) is 4.97. The number of rotatable bonds is 6. The SMILES string of the molecule is COC(C(=O)NC(C)(C)CC(=O)O)c1ccccc1. The number of carbonyl (C=O) groups excluding carboxylic acids is 1. The van der Waals surface area contributed by atoms with Crippen molar-refractivity contribution in [2.24, 2.45) is 0 Å². The number of ether oxygens (including phenoxy) is 1. The molecule has 0 aliphatic rings. The van der Waals surface area contributed by atoms with Crippen LogP contribution < -0.4 is 5.32 Å². The number of aliphatic carboxylic acids is 1. The summed E-state index contributed by atoms with van der Waals surface area (Å²) in [6, 6.07) is 9.06. The number of hydrogen-bond donors (Lipinski definition) is 2. The fourth-order valence-corrected chi connectivity index (χ4v) is 1.84. The van der Waals surface area contributed by atoms with E-state index in [0.29, 0.717) is 0 Å². The Morgan fingerprint density at radius 1 is 1.32 bits per heavy atom. The highest BCUT2D eigenvalue weighted by Crippen LogP contribution is 2.18. The van der Waals surface area contributed by atoms with Crippen LogP contribution in [-0.4, -0.2) is 29.6 Å². The van der Waals surface area contributed by atoms with E-state index in [0.717, 1.165) is 5.56 Å². The van der Waals surface area contributed by atoms with Crippen LogP contribution in [-0.2, 0) is 14.3 Å². The first-order valence-electron chi connectivity index (χ1n) is 5.97. The van der Waals surface area contributed by atoms with E-state index in [1.165, 1.54) is 7.11 Å². The molecule has 5 nitrogen and oxygen atoms in total. The van der Waals surface area contributed by atoms with E-state index < -0.39 is 17.6 Å². The van der Waals surface area contributed by atoms with Gasteiger partial charge >= 0.3 is 5.97 Å². The molecule has 1 rings (SSSR count). The molecular formula is C14H19NO4. The van der Waals surface area contributed by atoms with Gasteiger partial charge in [-0.3, -0.25) is 9.59 Å². The van der Waals surface area contributed by atoms with Gasteiger partial charge in [0, 0.05) is 12.6 Å². The third-order valence-corrected chi connectivity index (χ3v) is 2.63. The number of carboxylic acid groups (broad SMARTS) is 1. The number of amides is 1. The fourth-order valence-electron chi connectivity index (χ4n) is 1.84. The Morgan fingerprint density at radius 3 is 2.37 bits per heavy atom. The second-order valence-electron chi connectivity index (χ2n) is 4.97. The van der Waals surface area contributed by atoms with Gasteiger partial charge in [0.2, 0.25) is 0 Å². The van der Waals surface area contributed by atoms with Crippen LogP contribution in [0.2, 0.25) is 0 Å². The van der Waals surface area contributed by atoms with E-state index >= 15 is 0 Å². The van der Waals surface area contributed by atoms with Crippen LogP contribution in [0.25, 0.3) is 0 Å². The number of methoxy groups -OCH3 is 1. The summed E-state index contributed by atoms with van der Waals surface area (Å²) in [4.78, 5) is 22.9. The standard InChI is InChI=1S/C14H19NO4/c1-14(2,9-11(16)17)15-13(18)12(19-3)10-7-5-4-6-8-10/h4-8,12H,9H2,1-3H3,(H,15,18)(H,16,17). The molecule has 0 spiro atoms. The van der Waals surface area contributed by atoms with Crippen molar-refractivity contribution in [3.8, 4) is 0 Å². The molecule has 104 valence electrons. The lowest BCUT2D eigenvalue weighted by molar-refractivity contribution is -0.139. The van der Waals surface area contributed by atoms with Gasteiger partial charge in [-0.25, -0.2) is 0 Å². The largest absolute Gasteiger partial charge is 0.481 e. The molecule has 0 saturated carbocycles. The smallest absolute Gasteiger partial charge is 0.305 e. The number of benzene rings is 1. The van der Waals surface area contributed by atoms with E-state index in [-0.39, 0.29) is 12.3 Å². The Bertz CT molecular complexity index is 442. The Balaban J connectivity index is 2.78. The first kappa shape index (κ1) is 15.2. The zero-order valence-electron chi connectivity index (χ0n) is 11.3. The van der Waals surface area contributed by atoms with Crippen LogP contribution in [0.5, 0.6) is 0 Å². The molecule has 0 fully saturated rings. The van der Waals surface area contributed by atoms with Crippen LogP contribution in [0.15, 0.2) is 30.3 Å². The lowest BCUT2D eigenvalue weighted by Gasteiger charge is -2.27. The minimum absolute atomic E-state index is 0.149. The zero-order chi connectivity index (χ0) is 14.5. The van der Waals surface area contributed by atoms with Crippen molar-refractivity contribution in [2.45, 2.75) is 31.9 Å². The van der Waals surface area contributed by atoms with Crippen molar-refractivity contribution < 1.29 is 19.4 Å². The molecule has 0 heterocycles. The zero-order valence-corrected chi connectivity index (χ0v) is 11.3. The summed E-state index contributed by atoms with van der Waals surface area (Å²) in [5.41, 5.74) is -0.0947. The van der Waals surface area contributed by atoms with E-state index in [1.54, 1.807) is 26.0 Å². The number of carboxylic acids is 1. The topological polar surface area (TPSA) is 75.6 Å². The van der Waals surface area contributed by atoms with E-state index in [4.69, 9.17) is 9.84 Å². The van der Waals surface area contributed by atoms with Gasteiger partial charge in [0.05, 0.1) is 6.42 Å². The van der Waals surface area contributed by atoms with Crippen molar-refractivity contribution in [1.82, 2.24) is 5.32 Å². The van der Waals surface area contributed by atoms with Gasteiger partial charge in [0.25, 0.3) is 5.91 Å². The van der Waals surface area contributed by atoms with Crippen molar-refractivity contribution in [1.29, 1.82) is 0 Å². The molecule has 1 atom stereocenters. The van der Waals surface area contributed by atoms with Crippen LogP contribution in [0, 0.1) is 0 Å². The molecule has 0 radical (unpaired) electrons. The molecule has 0 aromatic heterocycles. The predicted octanol–water partition coefficient (Wildman–Crippen LogP) is 1.74. The minimum Gasteiger partial charge on any atom is -0.481 e. The molecule has 0 aliphatic carbocycles. The molecule has 1 amide bonds. The minimum atomic E-state index is -0.959. The summed E-state index contributed by atoms with van der Waals surface area (Å²) >= 11 is 0. The highest BCUT2D eigenvalue weighted by molar-refractivity contribution is 5.83. The third kappa shape index (κ3) is 4.71. The summed E-state index contributed by atoms with van der Waals surface area (Å²) in [7, 11) is 1.45. The van der Waals surface area contributed by atoms with Crippen LogP contribution in [0.4, 0.5) is 0 Å². The van der Waals surface area contributed by atoms with Crippen molar-refractivity contribution >= 4 is 11.9 Å². The van der Waals surface area contributed by atoms with E-state index in [9.17, 15) is 9.59 Å². The van der Waals surface area contributed by atoms with Gasteiger partial charge in [-0.1, -0.05) is 30.3 Å². The van der Waals surface area contributed by atoms with E-state index in [2.05, 4.69) is 5.32 Å². The van der Waals surface area contributed by atoms with Crippen molar-refractivity contribution in [3.05, 3.63) is 35.9 Å². The molecule has 0 bridgehead atoms. The van der Waals surface area contributed by atoms with Crippen molar-refractivity contribution in [3.63, 3.8) is 0 Å². The summed E-state index contributed by atoms with van der Waals surface area (Å²) in [5.74, 6) is -1.31. The number of nitrogens with one attached hydrogen (secondary N) is 1. The highest BCUT2D eigenvalue weighted by Gasteiger charge is 2.28. The van der Waals surface area contributed by atoms with Crippen molar-refractivity contribution in [2.75, 3.05) is 7.11 Å². The molecule has 0 aliphatic heterocycles. The molecular weight excluding hydrogens is 246 g/mol. The molecule has 5 heteroatoms. The average Bonchev–Trinajstić information content (AvgIpc) is 2.28. The summed E-state index contributed by atoms with van der Waals surface area (Å²) in [5, 5.41) is 11.5. The summed E-state index contributed by atoms with van der Waals surface area (Å²) in [6.45, 7) is 3.33. The Labute approximate surface area is 112 Å². The maximum atomic E-state index is 12.1. The van der Waals surface area contributed by atoms with Gasteiger partial charge < -0.3 is 15.2 Å². The van der Waals surface area contributed by atoms with Gasteiger partial charge in [-0.2, -0.15) is 0 Å². The van der Waals surface area contributed by atoms with E-state index in [1.807, 2.05) is 18.2 Å². The normalized spacial score (nSPS) is 12.8. The Hall–Kier alpha value is -1.88. The molecule has 1 aromatic carbocycles. The molecule has 1 unspecified atom stereocenters. The lowest BCUT2D eigenvalue weighted by atomic mass is 9.99. The van der Waals surface area contributed by atoms with Gasteiger partial charge in [-0.05, 0) is 19.4 Å². The van der Waals surface area contributed by atoms with Crippen LogP contribution in [0.1, 0.15) is 31.9 Å². The van der Waals surface area contributed by atoms with Crippen LogP contribution in [0.3, 0.4) is 0 Å². The predicted molar refractivity (Wildman–Crippen MR) is 70.7 cm³/mol. The lowest BCUT2D eigenvalue weighted by Crippen LogP contribution is -2.47. The summed E-state index contributed by atoms with van der Waals surface area (Å²) in [6.07, 6.45) is -0.890. The first-order valence-corrected chi connectivity index (χ1v) is 5.97. The highest BCUT2D eigenvalue weighted by atomic mass is 16.5. The quantitative estimate of drug-likeness (QED) is 0.821. The second kappa shape index (κ2) is 6.33. The molecule has 0 saturated heterocycles. The number of hydrogen-bond acceptors (Lipinski definition) is 3. The average molecular weight is 265 g/mol. The first-order chi connectivity index (χ1) is 8.85. The monoisotopic (exact) mass is 265 g/mol. The van der Waals surface area contributed by atoms with Crippen LogP contribution >= 0.6 is 0 Å². The van der Waals surface area contributed by atoms with Gasteiger partial charge in [-0.15, -0.1) is 0 Å². The molecule has 2 N–H and O–H groups in total. The van der Waals surface area contributed by atoms with Gasteiger partial charge in [0.1, 0.15) is 0 Å². The molecule has 1 aromatic rings. The Morgan fingerprint density at radius 2 is 1.89 bits per heavy atom. The molecule has 19 heavy (non-hydrogen) atoms. The number of carbonyl (C=O) groups is 2. The maximum absolute atomic E-state index is 12.1. The van der Waals surface area contributed by atoms with Gasteiger partial charge in [0.15, 0.2) is 6.10 Å². The summed E-state index contributed by atoms with van der Waals surface area (Å²) < 4.78 is 5.19.